The molecule has 20 heavy (non-hydrogen) atoms. The Hall–Kier alpha value is -1.68. The lowest BCUT2D eigenvalue weighted by molar-refractivity contribution is 0.197. The van der Waals surface area contributed by atoms with E-state index in [1.54, 1.807) is 0 Å². The molecule has 1 aromatic rings. The molecule has 2 rings (SSSR count). The summed E-state index contributed by atoms with van der Waals surface area (Å²) in [5, 5.41) is 0. The molecule has 0 spiro atoms. The third-order valence-electron chi connectivity index (χ3n) is 4.23. The summed E-state index contributed by atoms with van der Waals surface area (Å²) >= 11 is 0. The van der Waals surface area contributed by atoms with Gasteiger partial charge in [0.25, 0.3) is 0 Å². The first-order chi connectivity index (χ1) is 9.45. The van der Waals surface area contributed by atoms with Gasteiger partial charge in [-0.05, 0) is 61.3 Å². The van der Waals surface area contributed by atoms with Crippen molar-refractivity contribution in [2.24, 2.45) is 11.3 Å². The van der Waals surface area contributed by atoms with E-state index in [2.05, 4.69) is 38.7 Å². The number of nitrogen functional groups attached to an aromatic ring is 1. The van der Waals surface area contributed by atoms with Crippen molar-refractivity contribution < 1.29 is 0 Å². The number of hydrogen-bond donors (Lipinski definition) is 1. The molecule has 1 nitrogen and oxygen atoms in total. The van der Waals surface area contributed by atoms with Gasteiger partial charge in [-0.3, -0.25) is 0 Å². The molecule has 0 saturated heterocycles. The summed E-state index contributed by atoms with van der Waals surface area (Å²) in [6, 6.07) is 7.75. The van der Waals surface area contributed by atoms with Crippen LogP contribution in [0, 0.1) is 23.2 Å². The lowest BCUT2D eigenvalue weighted by Gasteiger charge is -2.34. The number of hydrogen-bond acceptors (Lipinski definition) is 1. The fourth-order valence-electron chi connectivity index (χ4n) is 2.84. The van der Waals surface area contributed by atoms with Crippen molar-refractivity contribution in [2.75, 3.05) is 5.73 Å². The molecule has 1 aliphatic carbocycles. The van der Waals surface area contributed by atoms with E-state index in [-0.39, 0.29) is 0 Å². The molecule has 0 bridgehead atoms. The predicted octanol–water partition coefficient (Wildman–Crippen LogP) is 4.78. The van der Waals surface area contributed by atoms with Gasteiger partial charge in [-0.25, -0.2) is 0 Å². The van der Waals surface area contributed by atoms with Gasteiger partial charge in [0.15, 0.2) is 0 Å². The molecule has 0 amide bonds. The average molecular weight is 267 g/mol. The van der Waals surface area contributed by atoms with E-state index >= 15 is 0 Å². The smallest absolute Gasteiger partial charge is 0.0326 e. The summed E-state index contributed by atoms with van der Waals surface area (Å²) in [5.41, 5.74) is 9.46. The summed E-state index contributed by atoms with van der Waals surface area (Å²) in [5.74, 6) is 7.20. The van der Waals surface area contributed by atoms with E-state index < -0.39 is 0 Å². The Labute approximate surface area is 123 Å². The molecule has 0 radical (unpaired) electrons. The third-order valence-corrected chi connectivity index (χ3v) is 4.23. The second-order valence-corrected chi connectivity index (χ2v) is 6.84. The van der Waals surface area contributed by atoms with Gasteiger partial charge < -0.3 is 5.73 Å². The largest absolute Gasteiger partial charge is 0.399 e. The van der Waals surface area contributed by atoms with Crippen LogP contribution in [0.5, 0.6) is 0 Å². The molecular formula is C19H25N. The normalized spacial score (nSPS) is 19.1. The predicted molar refractivity (Wildman–Crippen MR) is 87.2 cm³/mol. The van der Waals surface area contributed by atoms with Crippen LogP contribution in [0.4, 0.5) is 5.69 Å². The monoisotopic (exact) mass is 267 g/mol. The number of nitrogens with two attached hydrogens (primary N) is 1. The van der Waals surface area contributed by atoms with Crippen LogP contribution in [0.2, 0.25) is 0 Å². The average Bonchev–Trinajstić information content (AvgIpc) is 2.38. The zero-order chi connectivity index (χ0) is 14.6. The number of rotatable bonds is 0. The van der Waals surface area contributed by atoms with Gasteiger partial charge in [0.05, 0.1) is 0 Å². The number of allylic oxidation sites excluding steroid dienone is 2. The fraction of sp³-hybridized carbons (Fsp3) is 0.474. The lowest BCUT2D eigenvalue weighted by Crippen LogP contribution is -2.23. The van der Waals surface area contributed by atoms with E-state index in [1.807, 2.05) is 24.3 Å². The minimum Gasteiger partial charge on any atom is -0.399 e. The van der Waals surface area contributed by atoms with Crippen LogP contribution in [0.25, 0.3) is 0 Å². The van der Waals surface area contributed by atoms with Crippen LogP contribution < -0.4 is 5.73 Å². The second-order valence-electron chi connectivity index (χ2n) is 6.84. The van der Waals surface area contributed by atoms with Crippen molar-refractivity contribution in [3.05, 3.63) is 41.5 Å². The standard InChI is InChI=1S/C19H25N/c1-19(2,3)17-12-10-15(11-13-17)6-4-7-16-8-5-9-18(20)14-16/h5-6,8-9,14,17H,10-13,20H2,1-3H3. The summed E-state index contributed by atoms with van der Waals surface area (Å²) < 4.78 is 0. The SMILES string of the molecule is CC(C)(C)C1CCC(=CC#Cc2cccc(N)c2)CC1. The van der Waals surface area contributed by atoms with E-state index in [4.69, 9.17) is 5.73 Å². The Kier molecular flexibility index (Phi) is 4.55. The van der Waals surface area contributed by atoms with Crippen LogP contribution in [0.15, 0.2) is 35.9 Å². The Bertz CT molecular complexity index is 539. The molecule has 1 aromatic carbocycles. The highest BCUT2D eigenvalue weighted by Crippen LogP contribution is 2.39. The molecule has 0 heterocycles. The van der Waals surface area contributed by atoms with E-state index in [1.165, 1.54) is 31.3 Å². The van der Waals surface area contributed by atoms with Crippen LogP contribution in [0.3, 0.4) is 0 Å². The second kappa shape index (κ2) is 6.18. The van der Waals surface area contributed by atoms with Gasteiger partial charge >= 0.3 is 0 Å². The molecule has 1 fully saturated rings. The first kappa shape index (κ1) is 14.7. The maximum atomic E-state index is 5.75. The highest BCUT2D eigenvalue weighted by molar-refractivity contribution is 5.48. The Balaban J connectivity index is 1.95. The first-order valence-electron chi connectivity index (χ1n) is 7.50. The minimum atomic E-state index is 0.443. The summed E-state index contributed by atoms with van der Waals surface area (Å²) in [6.07, 6.45) is 7.12. The van der Waals surface area contributed by atoms with Gasteiger partial charge in [0.2, 0.25) is 0 Å². The minimum absolute atomic E-state index is 0.443. The molecule has 0 aromatic heterocycles. The molecule has 2 N–H and O–H groups in total. The lowest BCUT2D eigenvalue weighted by atomic mass is 9.71. The molecule has 1 aliphatic rings. The van der Waals surface area contributed by atoms with Gasteiger partial charge in [-0.2, -0.15) is 0 Å². The maximum Gasteiger partial charge on any atom is 0.0326 e. The van der Waals surface area contributed by atoms with Crippen LogP contribution in [-0.4, -0.2) is 0 Å². The van der Waals surface area contributed by atoms with E-state index in [0.717, 1.165) is 17.2 Å². The third kappa shape index (κ3) is 4.17. The Morgan fingerprint density at radius 2 is 1.90 bits per heavy atom. The molecule has 0 unspecified atom stereocenters. The number of anilines is 1. The molecule has 106 valence electrons. The highest BCUT2D eigenvalue weighted by atomic mass is 14.5. The molecule has 0 atom stereocenters. The van der Waals surface area contributed by atoms with Crippen molar-refractivity contribution in [1.29, 1.82) is 0 Å². The van der Waals surface area contributed by atoms with Crippen LogP contribution in [0.1, 0.15) is 52.0 Å². The van der Waals surface area contributed by atoms with Gasteiger partial charge in [0.1, 0.15) is 0 Å². The van der Waals surface area contributed by atoms with Gasteiger partial charge in [-0.1, -0.05) is 44.3 Å². The first-order valence-corrected chi connectivity index (χ1v) is 7.50. The number of benzene rings is 1. The van der Waals surface area contributed by atoms with Crippen molar-refractivity contribution in [3.8, 4) is 11.8 Å². The quantitative estimate of drug-likeness (QED) is 0.531. The summed E-state index contributed by atoms with van der Waals surface area (Å²) in [6.45, 7) is 7.06. The van der Waals surface area contributed by atoms with Crippen molar-refractivity contribution in [2.45, 2.75) is 46.5 Å². The van der Waals surface area contributed by atoms with E-state index in [9.17, 15) is 0 Å². The fourth-order valence-corrected chi connectivity index (χ4v) is 2.84. The molecule has 1 saturated carbocycles. The van der Waals surface area contributed by atoms with E-state index in [0.29, 0.717) is 5.41 Å². The van der Waals surface area contributed by atoms with Crippen molar-refractivity contribution >= 4 is 5.69 Å². The molecule has 1 heteroatoms. The van der Waals surface area contributed by atoms with Crippen LogP contribution in [-0.2, 0) is 0 Å². The van der Waals surface area contributed by atoms with Gasteiger partial charge in [-0.15, -0.1) is 0 Å². The van der Waals surface area contributed by atoms with Crippen LogP contribution >= 0.6 is 0 Å². The molecular weight excluding hydrogens is 242 g/mol. The topological polar surface area (TPSA) is 26.0 Å². The Morgan fingerprint density at radius 3 is 2.50 bits per heavy atom. The maximum absolute atomic E-state index is 5.75. The zero-order valence-electron chi connectivity index (χ0n) is 12.9. The Morgan fingerprint density at radius 1 is 1.20 bits per heavy atom. The van der Waals surface area contributed by atoms with Crippen molar-refractivity contribution in [3.63, 3.8) is 0 Å². The van der Waals surface area contributed by atoms with Gasteiger partial charge in [0, 0.05) is 11.3 Å². The zero-order valence-corrected chi connectivity index (χ0v) is 12.9. The summed E-state index contributed by atoms with van der Waals surface area (Å²) in [4.78, 5) is 0. The summed E-state index contributed by atoms with van der Waals surface area (Å²) in [7, 11) is 0. The molecule has 0 aliphatic heterocycles. The highest BCUT2D eigenvalue weighted by Gasteiger charge is 2.27. The van der Waals surface area contributed by atoms with Crippen molar-refractivity contribution in [1.82, 2.24) is 0 Å².